The summed E-state index contributed by atoms with van der Waals surface area (Å²) in [5.74, 6) is 3.14. The van der Waals surface area contributed by atoms with Gasteiger partial charge in [0.05, 0.1) is 5.52 Å². The van der Waals surface area contributed by atoms with Gasteiger partial charge in [0.1, 0.15) is 23.0 Å². The quantitative estimate of drug-likeness (QED) is 0.169. The molecule has 1 N–H and O–H groups in total. The Hall–Kier alpha value is -8.87. The summed E-state index contributed by atoms with van der Waals surface area (Å²) in [6, 6.07) is 77.6. The van der Waals surface area contributed by atoms with E-state index in [1.165, 1.54) is 32.6 Å². The number of aromatic nitrogens is 2. The number of aromatic amines is 1. The van der Waals surface area contributed by atoms with Crippen LogP contribution in [-0.4, -0.2) is 23.6 Å². The molecule has 1 radical (unpaired) electrons. The summed E-state index contributed by atoms with van der Waals surface area (Å²) in [6.07, 6.45) is 0. The first-order valence-corrected chi connectivity index (χ1v) is 23.2. The van der Waals surface area contributed by atoms with E-state index in [-0.39, 0.29) is 6.85 Å². The third-order valence-electron chi connectivity index (χ3n) is 14.2. The minimum Gasteiger partial charge on any atom is -0.458 e. The Morgan fingerprint density at radius 3 is 1.65 bits per heavy atom. The van der Waals surface area contributed by atoms with Gasteiger partial charge in [0.25, 0.3) is 0 Å². The first-order chi connectivity index (χ1) is 33.7. The highest BCUT2D eigenvalue weighted by Gasteiger charge is 2.45. The number of nitrogens with one attached hydrogen (secondary N) is 1. The highest BCUT2D eigenvalue weighted by atomic mass is 16.5. The molecule has 0 aliphatic carbocycles. The third kappa shape index (κ3) is 5.37. The number of benzene rings is 10. The number of ether oxygens (including phenoxy) is 2. The second-order valence-corrected chi connectivity index (χ2v) is 17.9. The van der Waals surface area contributed by atoms with E-state index in [1.54, 1.807) is 0 Å². The molecule has 68 heavy (non-hydrogen) atoms. The monoisotopic (exact) mass is 867 g/mol. The minimum absolute atomic E-state index is 0.191. The van der Waals surface area contributed by atoms with Crippen molar-refractivity contribution < 1.29 is 9.47 Å². The molecule has 6 nitrogen and oxygen atoms in total. The van der Waals surface area contributed by atoms with E-state index in [0.29, 0.717) is 0 Å². The Labute approximate surface area is 393 Å². The van der Waals surface area contributed by atoms with Gasteiger partial charge in [-0.1, -0.05) is 121 Å². The second kappa shape index (κ2) is 14.3. The fraction of sp³-hybridized carbons (Fsp3) is 0. The largest absolute Gasteiger partial charge is 0.458 e. The zero-order valence-electron chi connectivity index (χ0n) is 36.6. The number of hydrogen-bond donors (Lipinski definition) is 1. The average molecular weight is 868 g/mol. The highest BCUT2D eigenvalue weighted by Crippen LogP contribution is 2.49. The topological polar surface area (TPSA) is 45.7 Å². The van der Waals surface area contributed by atoms with E-state index in [1.807, 2.05) is 0 Å². The van der Waals surface area contributed by atoms with Gasteiger partial charge >= 0.3 is 6.85 Å². The van der Waals surface area contributed by atoms with Crippen LogP contribution in [0.5, 0.6) is 23.0 Å². The first kappa shape index (κ1) is 37.4. The van der Waals surface area contributed by atoms with Crippen LogP contribution in [0.1, 0.15) is 0 Å². The predicted molar refractivity (Wildman–Crippen MR) is 282 cm³/mol. The molecule has 0 spiro atoms. The van der Waals surface area contributed by atoms with Crippen LogP contribution in [0.25, 0.3) is 54.7 Å². The van der Waals surface area contributed by atoms with Crippen molar-refractivity contribution in [2.45, 2.75) is 0 Å². The summed E-state index contributed by atoms with van der Waals surface area (Å²) < 4.78 is 17.1. The fourth-order valence-electron chi connectivity index (χ4n) is 11.4. The standard InChI is InChI=1S/C60H37B2N4O2/c1-5-17-37(18-6-1)64(38-19-7-2-8-20-38)41-29-31-47-51(33-41)67-53-36-54-58-55(57(53)61-47)56-59-45(43-25-13-15-27-49(43)63-59)35-46-44-26-14-16-28-50(44)66(60(46)56)62(58)48-32-30-42(34-52(48)68-54)65(39-21-9-3-10-22-39)40-23-11-4-12-24-40/h1-36,63H. The number of anilines is 6. The maximum absolute atomic E-state index is 7.34. The molecule has 15 rings (SSSR count). The van der Waals surface area contributed by atoms with Crippen molar-refractivity contribution in [1.29, 1.82) is 0 Å². The van der Waals surface area contributed by atoms with E-state index < -0.39 is 0 Å². The van der Waals surface area contributed by atoms with E-state index in [0.717, 1.165) is 101 Å². The number of hydrogen-bond acceptors (Lipinski definition) is 4. The van der Waals surface area contributed by atoms with E-state index in [2.05, 4.69) is 245 Å². The van der Waals surface area contributed by atoms with Crippen LogP contribution >= 0.6 is 0 Å². The number of H-pyrrole nitrogens is 1. The van der Waals surface area contributed by atoms with Crippen LogP contribution in [0.3, 0.4) is 0 Å². The second-order valence-electron chi connectivity index (χ2n) is 17.9. The normalized spacial score (nSPS) is 12.7. The predicted octanol–water partition coefficient (Wildman–Crippen LogP) is 12.9. The number of nitrogens with zero attached hydrogens (tertiary/aromatic N) is 3. The SMILES string of the molecule is [B]1c2ccc(N(c3ccccc3)c3ccccc3)cc2Oc2cc3c4c(c21)-c1c2[nH]c5ccccc5c2cc2c5ccccc5n(c12)B4c1ccc(N(c2ccccc2)c2ccccc2)cc1O3. The lowest BCUT2D eigenvalue weighted by Crippen LogP contribution is -2.56. The van der Waals surface area contributed by atoms with Gasteiger partial charge in [-0.15, -0.1) is 0 Å². The molecule has 0 amide bonds. The third-order valence-corrected chi connectivity index (χ3v) is 14.2. The van der Waals surface area contributed by atoms with Crippen molar-refractivity contribution in [3.8, 4) is 34.1 Å². The lowest BCUT2D eigenvalue weighted by atomic mass is 9.44. The maximum atomic E-state index is 7.34. The Balaban J connectivity index is 0.985. The molecular formula is C60H37B2N4O2. The lowest BCUT2D eigenvalue weighted by molar-refractivity contribution is 0.466. The van der Waals surface area contributed by atoms with E-state index in [9.17, 15) is 0 Å². The van der Waals surface area contributed by atoms with E-state index >= 15 is 0 Å². The van der Waals surface area contributed by atoms with Gasteiger partial charge in [-0.2, -0.15) is 0 Å². The van der Waals surface area contributed by atoms with Gasteiger partial charge in [0.15, 0.2) is 0 Å². The van der Waals surface area contributed by atoms with Gasteiger partial charge in [0, 0.05) is 101 Å². The van der Waals surface area contributed by atoms with Crippen molar-refractivity contribution in [3.63, 3.8) is 0 Å². The molecule has 0 fully saturated rings. The molecule has 0 unspecified atom stereocenters. The molecule has 315 valence electrons. The van der Waals surface area contributed by atoms with Crippen LogP contribution in [-0.2, 0) is 0 Å². The van der Waals surface area contributed by atoms with Crippen LogP contribution in [0.2, 0.25) is 0 Å². The average Bonchev–Trinajstić information content (AvgIpc) is 3.94. The Morgan fingerprint density at radius 2 is 0.985 bits per heavy atom. The van der Waals surface area contributed by atoms with Gasteiger partial charge in [0.2, 0.25) is 7.28 Å². The maximum Gasteiger partial charge on any atom is 0.336 e. The molecule has 0 bridgehead atoms. The fourth-order valence-corrected chi connectivity index (χ4v) is 11.4. The summed E-state index contributed by atoms with van der Waals surface area (Å²) in [5.41, 5.74) is 17.5. The zero-order chi connectivity index (χ0) is 44.5. The van der Waals surface area contributed by atoms with Crippen molar-refractivity contribution in [2.75, 3.05) is 9.80 Å². The molecule has 8 heteroatoms. The summed E-state index contributed by atoms with van der Waals surface area (Å²) in [5, 5.41) is 4.85. The summed E-state index contributed by atoms with van der Waals surface area (Å²) in [6.45, 7) is -0.191. The highest BCUT2D eigenvalue weighted by molar-refractivity contribution is 6.90. The van der Waals surface area contributed by atoms with Crippen molar-refractivity contribution >= 4 is 114 Å². The van der Waals surface area contributed by atoms with Gasteiger partial charge in [-0.05, 0) is 101 Å². The first-order valence-electron chi connectivity index (χ1n) is 23.2. The zero-order valence-corrected chi connectivity index (χ0v) is 36.6. The molecule has 12 aromatic rings. The Kier molecular flexibility index (Phi) is 7.86. The van der Waals surface area contributed by atoms with Crippen LogP contribution in [0.15, 0.2) is 218 Å². The Morgan fingerprint density at radius 1 is 0.426 bits per heavy atom. The smallest absolute Gasteiger partial charge is 0.336 e. The Bertz CT molecular complexity index is 3940. The van der Waals surface area contributed by atoms with Gasteiger partial charge in [-0.25, -0.2) is 0 Å². The molecule has 3 aliphatic heterocycles. The molecule has 3 aliphatic rings. The number of para-hydroxylation sites is 6. The van der Waals surface area contributed by atoms with Gasteiger partial charge in [-0.3, -0.25) is 0 Å². The molecule has 5 heterocycles. The molecular weight excluding hydrogens is 830 g/mol. The van der Waals surface area contributed by atoms with Crippen molar-refractivity contribution in [1.82, 2.24) is 9.46 Å². The summed E-state index contributed by atoms with van der Waals surface area (Å²) in [4.78, 5) is 8.51. The van der Waals surface area contributed by atoms with Crippen molar-refractivity contribution in [2.24, 2.45) is 0 Å². The minimum atomic E-state index is -0.191. The van der Waals surface area contributed by atoms with Crippen LogP contribution in [0, 0.1) is 0 Å². The van der Waals surface area contributed by atoms with E-state index in [4.69, 9.17) is 9.47 Å². The molecule has 0 saturated carbocycles. The van der Waals surface area contributed by atoms with Crippen LogP contribution in [0.4, 0.5) is 34.1 Å². The summed E-state index contributed by atoms with van der Waals surface area (Å²) >= 11 is 0. The van der Waals surface area contributed by atoms with Gasteiger partial charge < -0.3 is 28.7 Å². The molecule has 0 saturated heterocycles. The summed E-state index contributed by atoms with van der Waals surface area (Å²) in [7, 11) is 2.34. The molecule has 10 aromatic carbocycles. The number of rotatable bonds is 6. The molecule has 2 aromatic heterocycles. The number of fused-ring (bicyclic) bond motifs is 14. The van der Waals surface area contributed by atoms with Crippen molar-refractivity contribution in [3.05, 3.63) is 218 Å². The molecule has 0 atom stereocenters. The lowest BCUT2D eigenvalue weighted by Gasteiger charge is -2.37. The van der Waals surface area contributed by atoms with Crippen LogP contribution < -0.4 is 41.1 Å².